The molecule has 0 aromatic heterocycles. The Balaban J connectivity index is 3.40. The second-order valence-electron chi connectivity index (χ2n) is 9.93. The molecule has 0 bridgehead atoms. The fourth-order valence-corrected chi connectivity index (χ4v) is 4.08. The fourth-order valence-electron chi connectivity index (χ4n) is 4.08. The first-order valence-electron chi connectivity index (χ1n) is 14.8. The number of nitrogens with one attached hydrogen (secondary N) is 1. The van der Waals surface area contributed by atoms with Gasteiger partial charge in [0.05, 0.1) is 13.2 Å². The van der Waals surface area contributed by atoms with Crippen LogP contribution in [0.2, 0.25) is 0 Å². The zero-order valence-corrected chi connectivity index (χ0v) is 23.5. The van der Waals surface area contributed by atoms with Crippen LogP contribution >= 0.6 is 0 Å². The van der Waals surface area contributed by atoms with E-state index in [-0.39, 0.29) is 31.9 Å². The Labute approximate surface area is 221 Å². The molecule has 0 saturated heterocycles. The number of rotatable bonds is 28. The minimum absolute atomic E-state index is 0.0558. The minimum atomic E-state index is -0.620. The zero-order valence-electron chi connectivity index (χ0n) is 23.5. The fraction of sp³-hybridized carbons (Fsp3) is 0.931. The molecule has 0 unspecified atom stereocenters. The van der Waals surface area contributed by atoms with Crippen LogP contribution in [0.5, 0.6) is 0 Å². The standard InChI is InChI=1S/C29H57NO6/c1-3-4-5-6-7-9-12-15-18-21-29(33)36-28(24-31)25-35-26-34-23-20-17-14-11-8-10-13-16-19-22-30-27(2)32/h28,31H,3-26H2,1-2H3,(H,30,32)/t28-/m0/s1. The van der Waals surface area contributed by atoms with Crippen molar-refractivity contribution in [3.05, 3.63) is 0 Å². The van der Waals surface area contributed by atoms with Gasteiger partial charge in [-0.3, -0.25) is 9.59 Å². The van der Waals surface area contributed by atoms with E-state index in [4.69, 9.17) is 14.2 Å². The van der Waals surface area contributed by atoms with Crippen LogP contribution in [0.15, 0.2) is 0 Å². The normalized spacial score (nSPS) is 12.0. The van der Waals surface area contributed by atoms with Crippen molar-refractivity contribution < 1.29 is 28.9 Å². The van der Waals surface area contributed by atoms with Gasteiger partial charge in [-0.15, -0.1) is 0 Å². The average molecular weight is 516 g/mol. The van der Waals surface area contributed by atoms with Crippen molar-refractivity contribution in [3.63, 3.8) is 0 Å². The van der Waals surface area contributed by atoms with Crippen LogP contribution in [0.1, 0.15) is 136 Å². The van der Waals surface area contributed by atoms with Crippen LogP contribution in [0.4, 0.5) is 0 Å². The van der Waals surface area contributed by atoms with Gasteiger partial charge < -0.3 is 24.6 Å². The molecule has 0 rings (SSSR count). The Morgan fingerprint density at radius 1 is 0.722 bits per heavy atom. The van der Waals surface area contributed by atoms with E-state index in [1.165, 1.54) is 83.5 Å². The first-order chi connectivity index (χ1) is 17.6. The highest BCUT2D eigenvalue weighted by atomic mass is 16.7. The highest BCUT2D eigenvalue weighted by molar-refractivity contribution is 5.72. The maximum atomic E-state index is 12.0. The molecule has 1 amide bonds. The number of carbonyl (C=O) groups is 2. The van der Waals surface area contributed by atoms with Crippen molar-refractivity contribution in [3.8, 4) is 0 Å². The van der Waals surface area contributed by atoms with Gasteiger partial charge in [0.2, 0.25) is 5.91 Å². The SMILES string of the molecule is CCCCCCCCCCCC(=O)O[C@@H](CO)COCOCCCCCCCCCCCNC(C)=O. The lowest BCUT2D eigenvalue weighted by Crippen LogP contribution is -2.27. The maximum absolute atomic E-state index is 12.0. The van der Waals surface area contributed by atoms with Gasteiger partial charge in [0, 0.05) is 26.5 Å². The Hall–Kier alpha value is -1.18. The third kappa shape index (κ3) is 27.4. The summed E-state index contributed by atoms with van der Waals surface area (Å²) in [5.41, 5.74) is 0. The molecule has 0 saturated carbocycles. The molecule has 7 heteroatoms. The Morgan fingerprint density at radius 2 is 1.25 bits per heavy atom. The monoisotopic (exact) mass is 515 g/mol. The lowest BCUT2D eigenvalue weighted by Gasteiger charge is -2.16. The second-order valence-corrected chi connectivity index (χ2v) is 9.93. The number of esters is 1. The number of hydrogen-bond donors (Lipinski definition) is 2. The topological polar surface area (TPSA) is 94.1 Å². The molecule has 7 nitrogen and oxygen atoms in total. The molecule has 0 radical (unpaired) electrons. The quantitative estimate of drug-likeness (QED) is 0.0706. The van der Waals surface area contributed by atoms with Crippen molar-refractivity contribution in [1.29, 1.82) is 0 Å². The number of aliphatic hydroxyl groups excluding tert-OH is 1. The summed E-state index contributed by atoms with van der Waals surface area (Å²) in [6.45, 7) is 5.32. The Kier molecular flexibility index (Phi) is 27.5. The van der Waals surface area contributed by atoms with Gasteiger partial charge in [0.25, 0.3) is 0 Å². The minimum Gasteiger partial charge on any atom is -0.457 e. The van der Waals surface area contributed by atoms with Crippen LogP contribution in [0, 0.1) is 0 Å². The first kappa shape index (κ1) is 34.8. The molecule has 2 N–H and O–H groups in total. The maximum Gasteiger partial charge on any atom is 0.306 e. The predicted octanol–water partition coefficient (Wildman–Crippen LogP) is 6.45. The Morgan fingerprint density at radius 3 is 1.81 bits per heavy atom. The van der Waals surface area contributed by atoms with E-state index >= 15 is 0 Å². The molecule has 0 fully saturated rings. The van der Waals surface area contributed by atoms with E-state index in [0.29, 0.717) is 13.0 Å². The number of hydrogen-bond acceptors (Lipinski definition) is 6. The molecule has 1 atom stereocenters. The van der Waals surface area contributed by atoms with Gasteiger partial charge in [0.1, 0.15) is 12.9 Å². The molecule has 0 aliphatic carbocycles. The summed E-state index contributed by atoms with van der Waals surface area (Å²) in [4.78, 5) is 22.7. The highest BCUT2D eigenvalue weighted by Gasteiger charge is 2.13. The molecule has 0 heterocycles. The molecule has 0 spiro atoms. The van der Waals surface area contributed by atoms with E-state index in [1.54, 1.807) is 6.92 Å². The average Bonchev–Trinajstić information content (AvgIpc) is 2.86. The van der Waals surface area contributed by atoms with Crippen LogP contribution in [-0.2, 0) is 23.8 Å². The van der Waals surface area contributed by atoms with Crippen LogP contribution in [0.25, 0.3) is 0 Å². The van der Waals surface area contributed by atoms with E-state index in [2.05, 4.69) is 12.2 Å². The molecule has 0 aromatic rings. The number of amides is 1. The lowest BCUT2D eigenvalue weighted by molar-refractivity contribution is -0.159. The van der Waals surface area contributed by atoms with Gasteiger partial charge in [-0.05, 0) is 19.3 Å². The molecule has 36 heavy (non-hydrogen) atoms. The predicted molar refractivity (Wildman–Crippen MR) is 146 cm³/mol. The number of unbranched alkanes of at least 4 members (excludes halogenated alkanes) is 16. The smallest absolute Gasteiger partial charge is 0.306 e. The van der Waals surface area contributed by atoms with Gasteiger partial charge in [-0.25, -0.2) is 0 Å². The molecule has 0 aromatic carbocycles. The van der Waals surface area contributed by atoms with Crippen molar-refractivity contribution in [2.75, 3.05) is 33.2 Å². The molecular weight excluding hydrogens is 458 g/mol. The largest absolute Gasteiger partial charge is 0.457 e. The summed E-state index contributed by atoms with van der Waals surface area (Å²) in [5, 5.41) is 12.3. The number of ether oxygens (including phenoxy) is 3. The molecule has 0 aliphatic heterocycles. The van der Waals surface area contributed by atoms with Gasteiger partial charge in [-0.1, -0.05) is 103 Å². The summed E-state index contributed by atoms with van der Waals surface area (Å²) in [7, 11) is 0. The third-order valence-electron chi connectivity index (χ3n) is 6.30. The Bertz CT molecular complexity index is 488. The molecule has 214 valence electrons. The van der Waals surface area contributed by atoms with Crippen molar-refractivity contribution in [2.24, 2.45) is 0 Å². The lowest BCUT2D eigenvalue weighted by atomic mass is 10.1. The third-order valence-corrected chi connectivity index (χ3v) is 6.30. The second kappa shape index (κ2) is 28.4. The first-order valence-corrected chi connectivity index (χ1v) is 14.8. The number of carbonyl (C=O) groups excluding carboxylic acids is 2. The van der Waals surface area contributed by atoms with E-state index in [9.17, 15) is 14.7 Å². The van der Waals surface area contributed by atoms with Crippen molar-refractivity contribution in [2.45, 2.75) is 142 Å². The summed E-state index contributed by atoms with van der Waals surface area (Å²) in [5.74, 6) is -0.202. The number of aliphatic hydroxyl groups is 1. The van der Waals surface area contributed by atoms with Gasteiger partial charge in [-0.2, -0.15) is 0 Å². The molecular formula is C29H57NO6. The van der Waals surface area contributed by atoms with E-state index < -0.39 is 6.10 Å². The van der Waals surface area contributed by atoms with Crippen molar-refractivity contribution in [1.82, 2.24) is 5.32 Å². The summed E-state index contributed by atoms with van der Waals surface area (Å²) >= 11 is 0. The summed E-state index contributed by atoms with van der Waals surface area (Å²) < 4.78 is 16.2. The van der Waals surface area contributed by atoms with Crippen LogP contribution in [0.3, 0.4) is 0 Å². The highest BCUT2D eigenvalue weighted by Crippen LogP contribution is 2.12. The van der Waals surface area contributed by atoms with E-state index in [1.807, 2.05) is 0 Å². The summed E-state index contributed by atoms with van der Waals surface area (Å²) in [6, 6.07) is 0. The van der Waals surface area contributed by atoms with Crippen LogP contribution in [-0.4, -0.2) is 56.2 Å². The van der Waals surface area contributed by atoms with Crippen LogP contribution < -0.4 is 5.32 Å². The zero-order chi connectivity index (χ0) is 26.5. The van der Waals surface area contributed by atoms with E-state index in [0.717, 1.165) is 38.6 Å². The molecule has 0 aliphatic rings. The van der Waals surface area contributed by atoms with Crippen molar-refractivity contribution >= 4 is 11.9 Å². The van der Waals surface area contributed by atoms with Gasteiger partial charge in [0.15, 0.2) is 0 Å². The summed E-state index contributed by atoms with van der Waals surface area (Å²) in [6.07, 6.45) is 21.3. The van der Waals surface area contributed by atoms with Gasteiger partial charge >= 0.3 is 5.97 Å².